The minimum atomic E-state index is -0.638. The molecule has 0 aromatic heterocycles. The van der Waals surface area contributed by atoms with E-state index in [0.29, 0.717) is 16.8 Å². The Bertz CT molecular complexity index is 1110. The van der Waals surface area contributed by atoms with Crippen LogP contribution in [0.2, 0.25) is 0 Å². The topological polar surface area (TPSA) is 55.4 Å². The van der Waals surface area contributed by atoms with Gasteiger partial charge in [0.2, 0.25) is 0 Å². The molecule has 0 aliphatic rings. The van der Waals surface area contributed by atoms with E-state index in [0.717, 1.165) is 11.1 Å². The summed E-state index contributed by atoms with van der Waals surface area (Å²) < 4.78 is 5.53. The van der Waals surface area contributed by atoms with E-state index in [4.69, 9.17) is 4.74 Å². The highest BCUT2D eigenvalue weighted by Gasteiger charge is 2.21. The molecule has 0 radical (unpaired) electrons. The lowest BCUT2D eigenvalue weighted by atomic mass is 10.0. The summed E-state index contributed by atoms with van der Waals surface area (Å²) in [5, 5.41) is 2.87. The van der Waals surface area contributed by atoms with Gasteiger partial charge in [-0.05, 0) is 68.7 Å². The maximum atomic E-state index is 12.7. The summed E-state index contributed by atoms with van der Waals surface area (Å²) in [6, 6.07) is 22.3. The van der Waals surface area contributed by atoms with Gasteiger partial charge in [-0.1, -0.05) is 60.7 Å². The molecule has 0 aliphatic carbocycles. The highest BCUT2D eigenvalue weighted by Crippen LogP contribution is 2.24. The van der Waals surface area contributed by atoms with Gasteiger partial charge in [0.15, 0.2) is 0 Å². The van der Waals surface area contributed by atoms with E-state index in [9.17, 15) is 9.59 Å². The van der Waals surface area contributed by atoms with Crippen LogP contribution in [0.3, 0.4) is 0 Å². The van der Waals surface area contributed by atoms with Crippen molar-refractivity contribution in [2.24, 2.45) is 0 Å². The molecule has 4 nitrogen and oxygen atoms in total. The lowest BCUT2D eigenvalue weighted by Gasteiger charge is -2.21. The number of aryl methyl sites for hydroxylation is 1. The van der Waals surface area contributed by atoms with Gasteiger partial charge in [-0.25, -0.2) is 4.79 Å². The predicted molar refractivity (Wildman–Crippen MR) is 126 cm³/mol. The Labute approximate surface area is 183 Å². The normalized spacial score (nSPS) is 11.4. The van der Waals surface area contributed by atoms with E-state index >= 15 is 0 Å². The zero-order chi connectivity index (χ0) is 22.4. The van der Waals surface area contributed by atoms with E-state index in [2.05, 4.69) is 18.3 Å². The molecule has 3 aromatic rings. The Hall–Kier alpha value is -3.66. The van der Waals surface area contributed by atoms with Gasteiger partial charge in [-0.3, -0.25) is 4.79 Å². The largest absolute Gasteiger partial charge is 0.456 e. The second-order valence-corrected chi connectivity index (χ2v) is 8.32. The van der Waals surface area contributed by atoms with Crippen molar-refractivity contribution in [3.63, 3.8) is 0 Å². The lowest BCUT2D eigenvalue weighted by molar-refractivity contribution is 0.00708. The van der Waals surface area contributed by atoms with Crippen LogP contribution in [0.25, 0.3) is 12.2 Å². The van der Waals surface area contributed by atoms with E-state index in [1.807, 2.05) is 63.3 Å². The van der Waals surface area contributed by atoms with Gasteiger partial charge < -0.3 is 10.1 Å². The Balaban J connectivity index is 1.94. The fourth-order valence-electron chi connectivity index (χ4n) is 3.02. The first-order valence-electron chi connectivity index (χ1n) is 10.2. The zero-order valence-corrected chi connectivity index (χ0v) is 18.3. The van der Waals surface area contributed by atoms with E-state index in [1.54, 1.807) is 36.4 Å². The summed E-state index contributed by atoms with van der Waals surface area (Å²) in [7, 11) is 0. The maximum absolute atomic E-state index is 12.7. The molecule has 0 fully saturated rings. The number of amides is 1. The second-order valence-electron chi connectivity index (χ2n) is 8.32. The standard InChI is InChI=1S/C27H27NO3/c1-19-10-8-9-11-21(19)16-14-20-15-17-23(26(30)31-27(2,3)4)24(18-20)28-25(29)22-12-6-5-7-13-22/h5-18H,1-4H3,(H,28,29)/b16-14+. The molecule has 0 saturated carbocycles. The van der Waals surface area contributed by atoms with Crippen molar-refractivity contribution >= 4 is 29.7 Å². The fourth-order valence-corrected chi connectivity index (χ4v) is 3.02. The molecule has 0 saturated heterocycles. The molecule has 3 rings (SSSR count). The van der Waals surface area contributed by atoms with Crippen molar-refractivity contribution in [1.82, 2.24) is 0 Å². The van der Waals surface area contributed by atoms with Crippen LogP contribution in [0, 0.1) is 6.92 Å². The molecule has 0 aliphatic heterocycles. The molecule has 4 heteroatoms. The first kappa shape index (κ1) is 22.0. The predicted octanol–water partition coefficient (Wildman–Crippen LogP) is 6.37. The summed E-state index contributed by atoms with van der Waals surface area (Å²) >= 11 is 0. The Morgan fingerprint density at radius 2 is 1.55 bits per heavy atom. The van der Waals surface area contributed by atoms with Gasteiger partial charge in [-0.15, -0.1) is 0 Å². The molecule has 31 heavy (non-hydrogen) atoms. The van der Waals surface area contributed by atoms with Crippen LogP contribution in [0.1, 0.15) is 58.2 Å². The van der Waals surface area contributed by atoms with Gasteiger partial charge in [0.25, 0.3) is 5.91 Å². The first-order valence-corrected chi connectivity index (χ1v) is 10.2. The average Bonchev–Trinajstić information content (AvgIpc) is 2.72. The molecule has 0 bridgehead atoms. The second kappa shape index (κ2) is 9.43. The van der Waals surface area contributed by atoms with Crippen LogP contribution in [0.15, 0.2) is 72.8 Å². The highest BCUT2D eigenvalue weighted by atomic mass is 16.6. The summed E-state index contributed by atoms with van der Waals surface area (Å²) in [6.07, 6.45) is 3.97. The van der Waals surface area contributed by atoms with Crippen molar-refractivity contribution in [2.75, 3.05) is 5.32 Å². The minimum absolute atomic E-state index is 0.287. The average molecular weight is 414 g/mol. The number of benzene rings is 3. The summed E-state index contributed by atoms with van der Waals surface area (Å²) in [6.45, 7) is 7.49. The molecule has 158 valence electrons. The summed E-state index contributed by atoms with van der Waals surface area (Å²) in [5.74, 6) is -0.768. The van der Waals surface area contributed by atoms with Gasteiger partial charge in [0, 0.05) is 5.56 Å². The molecule has 0 atom stereocenters. The number of carbonyl (C=O) groups is 2. The summed E-state index contributed by atoms with van der Waals surface area (Å²) in [4.78, 5) is 25.5. The van der Waals surface area contributed by atoms with E-state index in [-0.39, 0.29) is 5.91 Å². The van der Waals surface area contributed by atoms with Crippen LogP contribution in [-0.2, 0) is 4.74 Å². The maximum Gasteiger partial charge on any atom is 0.340 e. The van der Waals surface area contributed by atoms with Crippen molar-refractivity contribution in [3.05, 3.63) is 101 Å². The number of ether oxygens (including phenoxy) is 1. The highest BCUT2D eigenvalue weighted by molar-refractivity contribution is 6.08. The van der Waals surface area contributed by atoms with Crippen LogP contribution < -0.4 is 5.32 Å². The third-order valence-corrected chi connectivity index (χ3v) is 4.59. The number of hydrogen-bond acceptors (Lipinski definition) is 3. The van der Waals surface area contributed by atoms with Crippen molar-refractivity contribution in [1.29, 1.82) is 0 Å². The molecular formula is C27H27NO3. The van der Waals surface area contributed by atoms with Crippen LogP contribution >= 0.6 is 0 Å². The smallest absolute Gasteiger partial charge is 0.340 e. The number of esters is 1. The third kappa shape index (κ3) is 6.16. The van der Waals surface area contributed by atoms with Gasteiger partial charge in [0.05, 0.1) is 11.3 Å². The molecule has 1 amide bonds. The van der Waals surface area contributed by atoms with E-state index < -0.39 is 11.6 Å². The molecule has 3 aromatic carbocycles. The number of hydrogen-bond donors (Lipinski definition) is 1. The lowest BCUT2D eigenvalue weighted by Crippen LogP contribution is -2.25. The van der Waals surface area contributed by atoms with Crippen LogP contribution in [0.5, 0.6) is 0 Å². The SMILES string of the molecule is Cc1ccccc1/C=C/c1ccc(C(=O)OC(C)(C)C)c(NC(=O)c2ccccc2)c1. The Kier molecular flexibility index (Phi) is 6.71. The summed E-state index contributed by atoms with van der Waals surface area (Å²) in [5.41, 5.74) is 3.73. The van der Waals surface area contributed by atoms with Gasteiger partial charge in [0.1, 0.15) is 5.60 Å². The molecule has 0 heterocycles. The third-order valence-electron chi connectivity index (χ3n) is 4.59. The van der Waals surface area contributed by atoms with Crippen molar-refractivity contribution in [3.8, 4) is 0 Å². The Morgan fingerprint density at radius 1 is 0.871 bits per heavy atom. The Morgan fingerprint density at radius 3 is 2.23 bits per heavy atom. The van der Waals surface area contributed by atoms with Crippen LogP contribution in [-0.4, -0.2) is 17.5 Å². The number of carbonyl (C=O) groups excluding carboxylic acids is 2. The van der Waals surface area contributed by atoms with Gasteiger partial charge >= 0.3 is 5.97 Å². The van der Waals surface area contributed by atoms with Crippen LogP contribution in [0.4, 0.5) is 5.69 Å². The van der Waals surface area contributed by atoms with Crippen molar-refractivity contribution < 1.29 is 14.3 Å². The van der Waals surface area contributed by atoms with Gasteiger partial charge in [-0.2, -0.15) is 0 Å². The van der Waals surface area contributed by atoms with Crippen molar-refractivity contribution in [2.45, 2.75) is 33.3 Å². The fraction of sp³-hybridized carbons (Fsp3) is 0.185. The van der Waals surface area contributed by atoms with E-state index in [1.165, 1.54) is 5.56 Å². The number of rotatable bonds is 5. The minimum Gasteiger partial charge on any atom is -0.456 e. The molecule has 0 spiro atoms. The number of nitrogens with one attached hydrogen (secondary N) is 1. The molecule has 0 unspecified atom stereocenters. The quantitative estimate of drug-likeness (QED) is 0.390. The zero-order valence-electron chi connectivity index (χ0n) is 18.3. The molecule has 1 N–H and O–H groups in total. The first-order chi connectivity index (χ1) is 14.7. The number of anilines is 1. The molecular weight excluding hydrogens is 386 g/mol. The monoisotopic (exact) mass is 413 g/mol.